The molecule has 2 aromatic carbocycles. The second-order valence-electron chi connectivity index (χ2n) is 15.8. The average Bonchev–Trinajstić information content (AvgIpc) is 3.81. The van der Waals surface area contributed by atoms with Crippen LogP contribution in [0.15, 0.2) is 54.6 Å². The molecule has 1 saturated carbocycles. The first-order chi connectivity index (χ1) is 24.3. The molecule has 1 amide bonds. The predicted molar refractivity (Wildman–Crippen MR) is 197 cm³/mol. The van der Waals surface area contributed by atoms with Gasteiger partial charge >= 0.3 is 12.1 Å². The lowest BCUT2D eigenvalue weighted by Crippen LogP contribution is -2.40. The summed E-state index contributed by atoms with van der Waals surface area (Å²) < 4.78 is 42.2. The van der Waals surface area contributed by atoms with Crippen LogP contribution < -0.4 is 14.4 Å². The van der Waals surface area contributed by atoms with E-state index in [9.17, 15) is 14.7 Å². The first kappa shape index (κ1) is 39.3. The number of hydrogen-bond acceptors (Lipinski definition) is 10. The number of ether oxygens (including phenoxy) is 7. The highest BCUT2D eigenvalue weighted by Crippen LogP contribution is 2.41. The Morgan fingerprint density at radius 1 is 1.02 bits per heavy atom. The van der Waals surface area contributed by atoms with E-state index in [4.69, 9.17) is 33.2 Å². The van der Waals surface area contributed by atoms with E-state index in [2.05, 4.69) is 0 Å². The molecule has 1 aliphatic carbocycles. The summed E-state index contributed by atoms with van der Waals surface area (Å²) in [4.78, 5) is 28.5. The fraction of sp³-hybridized carbons (Fsp3) is 0.561. The van der Waals surface area contributed by atoms with E-state index in [1.165, 1.54) is 0 Å². The molecule has 2 fully saturated rings. The van der Waals surface area contributed by atoms with Crippen molar-refractivity contribution in [2.24, 2.45) is 5.92 Å². The summed E-state index contributed by atoms with van der Waals surface area (Å²) in [6.45, 7) is 16.6. The molecule has 284 valence electrons. The second kappa shape index (κ2) is 15.6. The zero-order valence-electron chi connectivity index (χ0n) is 32.1. The number of hydrogen-bond donors (Lipinski definition) is 1. The van der Waals surface area contributed by atoms with Crippen LogP contribution >= 0.6 is 0 Å². The van der Waals surface area contributed by atoms with Gasteiger partial charge in [-0.25, -0.2) is 9.59 Å². The van der Waals surface area contributed by atoms with Crippen LogP contribution in [-0.4, -0.2) is 71.9 Å². The SMILES string of the molecule is COc1ccc(COC(/C=C\[C@@H](C)[C@H](C)O)[C@H]2OC(C)(C)O[C@H]2C/C=C/c2cc(N(C(=O)OC(C)(C)C)C3CC3)cc3c2C(=O)OC(C)(C)O3)cc1. The number of aliphatic hydroxyl groups is 1. The van der Waals surface area contributed by atoms with Crippen LogP contribution in [0.1, 0.15) is 103 Å². The number of carbonyl (C=O) groups excluding carboxylic acids is 2. The van der Waals surface area contributed by atoms with Gasteiger partial charge in [0.15, 0.2) is 5.79 Å². The molecule has 1 saturated heterocycles. The number of cyclic esters (lactones) is 1. The summed E-state index contributed by atoms with van der Waals surface area (Å²) in [5.74, 6) is -1.62. The van der Waals surface area contributed by atoms with Crippen molar-refractivity contribution in [3.05, 3.63) is 71.3 Å². The van der Waals surface area contributed by atoms with Gasteiger partial charge in [-0.05, 0) is 96.0 Å². The maximum atomic E-state index is 13.5. The predicted octanol–water partition coefficient (Wildman–Crippen LogP) is 7.97. The van der Waals surface area contributed by atoms with Gasteiger partial charge in [0.2, 0.25) is 5.79 Å². The maximum Gasteiger partial charge on any atom is 0.415 e. The molecule has 3 aliphatic rings. The molecule has 52 heavy (non-hydrogen) atoms. The third-order valence-electron chi connectivity index (χ3n) is 8.97. The number of benzene rings is 2. The van der Waals surface area contributed by atoms with Gasteiger partial charge in [-0.3, -0.25) is 4.90 Å². The smallest absolute Gasteiger partial charge is 0.415 e. The van der Waals surface area contributed by atoms with Crippen molar-refractivity contribution in [1.82, 2.24) is 0 Å². The zero-order valence-corrected chi connectivity index (χ0v) is 32.1. The summed E-state index contributed by atoms with van der Waals surface area (Å²) in [7, 11) is 1.63. The Morgan fingerprint density at radius 3 is 2.33 bits per heavy atom. The molecular formula is C41H55NO10. The van der Waals surface area contributed by atoms with E-state index in [0.29, 0.717) is 30.0 Å². The molecule has 5 rings (SSSR count). The highest BCUT2D eigenvalue weighted by atomic mass is 16.8. The topological polar surface area (TPSA) is 122 Å². The van der Waals surface area contributed by atoms with Crippen LogP contribution in [0, 0.1) is 5.92 Å². The maximum absolute atomic E-state index is 13.5. The normalized spacial score (nSPS) is 22.7. The Morgan fingerprint density at radius 2 is 1.71 bits per heavy atom. The largest absolute Gasteiger partial charge is 0.497 e. The van der Waals surface area contributed by atoms with E-state index in [0.717, 1.165) is 24.2 Å². The number of methoxy groups -OCH3 is 1. The van der Waals surface area contributed by atoms with Gasteiger partial charge in [-0.1, -0.05) is 43.4 Å². The minimum Gasteiger partial charge on any atom is -0.497 e. The number of esters is 1. The van der Waals surface area contributed by atoms with Crippen LogP contribution in [0.4, 0.5) is 10.5 Å². The molecule has 11 heteroatoms. The van der Waals surface area contributed by atoms with Crippen LogP contribution in [0.5, 0.6) is 11.5 Å². The molecular weight excluding hydrogens is 666 g/mol. The Labute approximate surface area is 307 Å². The van der Waals surface area contributed by atoms with Crippen molar-refractivity contribution in [2.75, 3.05) is 12.0 Å². The van der Waals surface area contributed by atoms with Gasteiger partial charge in [0.05, 0.1) is 31.6 Å². The number of carbonyl (C=O) groups is 2. The number of amides is 1. The lowest BCUT2D eigenvalue weighted by Gasteiger charge is -2.34. The van der Waals surface area contributed by atoms with Gasteiger partial charge in [-0.15, -0.1) is 0 Å². The van der Waals surface area contributed by atoms with E-state index < -0.39 is 53.7 Å². The molecule has 11 nitrogen and oxygen atoms in total. The van der Waals surface area contributed by atoms with E-state index in [-0.39, 0.29) is 17.5 Å². The molecule has 2 aromatic rings. The Balaban J connectivity index is 1.44. The fourth-order valence-corrected chi connectivity index (χ4v) is 6.13. The summed E-state index contributed by atoms with van der Waals surface area (Å²) in [6.07, 6.45) is 7.30. The molecule has 0 radical (unpaired) electrons. The van der Waals surface area contributed by atoms with Gasteiger partial charge in [0.25, 0.3) is 0 Å². The zero-order chi connectivity index (χ0) is 38.0. The fourth-order valence-electron chi connectivity index (χ4n) is 6.13. The average molecular weight is 722 g/mol. The Bertz CT molecular complexity index is 1630. The quantitative estimate of drug-likeness (QED) is 0.161. The van der Waals surface area contributed by atoms with Crippen molar-refractivity contribution < 1.29 is 47.9 Å². The molecule has 5 atom stereocenters. The summed E-state index contributed by atoms with van der Waals surface area (Å²) in [5.41, 5.74) is 1.66. The highest BCUT2D eigenvalue weighted by Gasteiger charge is 2.45. The van der Waals surface area contributed by atoms with Crippen LogP contribution in [0.3, 0.4) is 0 Å². The Hall–Kier alpha value is -3.90. The number of rotatable bonds is 13. The monoisotopic (exact) mass is 721 g/mol. The van der Waals surface area contributed by atoms with E-state index >= 15 is 0 Å². The second-order valence-corrected chi connectivity index (χ2v) is 15.8. The molecule has 1 N–H and O–H groups in total. The first-order valence-corrected chi connectivity index (χ1v) is 18.1. The van der Waals surface area contributed by atoms with Crippen molar-refractivity contribution in [3.8, 4) is 11.5 Å². The van der Waals surface area contributed by atoms with Gasteiger partial charge in [0.1, 0.15) is 34.9 Å². The van der Waals surface area contributed by atoms with Crippen LogP contribution in [-0.2, 0) is 30.3 Å². The molecule has 0 bridgehead atoms. The van der Waals surface area contributed by atoms with Gasteiger partial charge < -0.3 is 38.3 Å². The minimum absolute atomic E-state index is 0.0141. The lowest BCUT2D eigenvalue weighted by atomic mass is 9.99. The molecule has 2 heterocycles. The molecule has 0 aromatic heterocycles. The van der Waals surface area contributed by atoms with Gasteiger partial charge in [-0.2, -0.15) is 0 Å². The standard InChI is InChI=1S/C41H55NO10/c1-25(26(2)43)14-21-32(47-24-27-15-19-31(46-10)20-16-27)36-33(48-40(6,7)50-36)13-11-12-28-22-30(23-34-35(28)37(44)51-41(8,9)49-34)42(29-17-18-29)38(45)52-39(3,4)5/h11-12,14-16,19-23,25-26,29,32-33,36,43H,13,17-18,24H2,1-10H3/b12-11+,21-14-/t25-,26+,32?,33+,36-/m1/s1. The van der Waals surface area contributed by atoms with Crippen molar-refractivity contribution in [1.29, 1.82) is 0 Å². The number of nitrogens with zero attached hydrogens (tertiary/aromatic N) is 1. The van der Waals surface area contributed by atoms with Crippen molar-refractivity contribution >= 4 is 23.8 Å². The summed E-state index contributed by atoms with van der Waals surface area (Å²) >= 11 is 0. The molecule has 0 spiro atoms. The van der Waals surface area contributed by atoms with E-state index in [1.54, 1.807) is 44.9 Å². The van der Waals surface area contributed by atoms with Gasteiger partial charge in [0, 0.05) is 26.0 Å². The van der Waals surface area contributed by atoms with E-state index in [1.807, 2.05) is 90.1 Å². The third-order valence-corrected chi connectivity index (χ3v) is 8.97. The highest BCUT2D eigenvalue weighted by molar-refractivity contribution is 6.00. The number of fused-ring (bicyclic) bond motifs is 1. The lowest BCUT2D eigenvalue weighted by molar-refractivity contribution is -0.156. The molecule has 1 unspecified atom stereocenters. The van der Waals surface area contributed by atoms with Crippen molar-refractivity contribution in [2.45, 2.75) is 136 Å². The van der Waals surface area contributed by atoms with Crippen LogP contribution in [0.25, 0.3) is 6.08 Å². The third kappa shape index (κ3) is 10.2. The van der Waals surface area contributed by atoms with Crippen LogP contribution in [0.2, 0.25) is 0 Å². The first-order valence-electron chi connectivity index (χ1n) is 18.1. The molecule has 2 aliphatic heterocycles. The van der Waals surface area contributed by atoms with Crippen molar-refractivity contribution in [3.63, 3.8) is 0 Å². The summed E-state index contributed by atoms with van der Waals surface area (Å²) in [5, 5.41) is 10.2. The minimum atomic E-state index is -1.19. The summed E-state index contributed by atoms with van der Waals surface area (Å²) in [6, 6.07) is 11.2. The number of anilines is 1. The Kier molecular flexibility index (Phi) is 11.8. The number of aliphatic hydroxyl groups excluding tert-OH is 1.